The first-order valence-corrected chi connectivity index (χ1v) is 10.9. The van der Waals surface area contributed by atoms with E-state index in [1.807, 2.05) is 13.0 Å². The van der Waals surface area contributed by atoms with Gasteiger partial charge in [-0.2, -0.15) is 0 Å². The third-order valence-corrected chi connectivity index (χ3v) is 5.48. The van der Waals surface area contributed by atoms with Gasteiger partial charge in [-0.25, -0.2) is 14.4 Å². The van der Waals surface area contributed by atoms with Gasteiger partial charge in [0.05, 0.1) is 28.3 Å². The van der Waals surface area contributed by atoms with Crippen LogP contribution in [0.3, 0.4) is 0 Å². The molecule has 0 atom stereocenters. The predicted octanol–water partition coefficient (Wildman–Crippen LogP) is 5.13. The Labute approximate surface area is 181 Å². The largest absolute Gasteiger partial charge is 0.321 e. The zero-order valence-corrected chi connectivity index (χ0v) is 18.0. The molecule has 3 aromatic rings. The molecule has 3 rings (SSSR count). The smallest absolute Gasteiger partial charge is 0.248 e. The number of nitrogens with zero attached hydrogens (tertiary/aromatic N) is 3. The molecule has 0 unspecified atom stereocenters. The fourth-order valence-electron chi connectivity index (χ4n) is 2.53. The number of aromatic nitrogens is 2. The van der Waals surface area contributed by atoms with E-state index in [0.29, 0.717) is 16.5 Å². The van der Waals surface area contributed by atoms with Crippen LogP contribution in [0.4, 0.5) is 20.9 Å². The van der Waals surface area contributed by atoms with Gasteiger partial charge < -0.3 is 5.32 Å². The number of hydrogen-bond acceptors (Lipinski definition) is 6. The first-order valence-electron chi connectivity index (χ1n) is 9.06. The fraction of sp³-hybridized carbons (Fsp3) is 0.143. The van der Waals surface area contributed by atoms with Crippen molar-refractivity contribution in [1.82, 2.24) is 9.97 Å². The topological polar surface area (TPSA) is 75.2 Å². The van der Waals surface area contributed by atoms with Crippen molar-refractivity contribution in [3.8, 4) is 0 Å². The number of anilines is 3. The number of benzene rings is 1. The van der Waals surface area contributed by atoms with E-state index in [1.165, 1.54) is 47.4 Å². The Morgan fingerprint density at radius 1 is 1.27 bits per heavy atom. The molecule has 2 heterocycles. The van der Waals surface area contributed by atoms with Gasteiger partial charge in [0.2, 0.25) is 11.8 Å². The Morgan fingerprint density at radius 2 is 2.07 bits per heavy atom. The molecular formula is C21H19FN4O2S2. The fourth-order valence-corrected chi connectivity index (χ4v) is 3.96. The maximum absolute atomic E-state index is 14.1. The highest BCUT2D eigenvalue weighted by Gasteiger charge is 2.20. The monoisotopic (exact) mass is 442 g/mol. The van der Waals surface area contributed by atoms with Crippen LogP contribution in [0.25, 0.3) is 6.08 Å². The number of hydrogen-bond donors (Lipinski definition) is 1. The average molecular weight is 443 g/mol. The summed E-state index contributed by atoms with van der Waals surface area (Å²) < 4.78 is 14.1. The van der Waals surface area contributed by atoms with Crippen molar-refractivity contribution >= 4 is 57.5 Å². The van der Waals surface area contributed by atoms with Gasteiger partial charge in [0.25, 0.3) is 0 Å². The van der Waals surface area contributed by atoms with Crippen LogP contribution < -0.4 is 10.2 Å². The van der Waals surface area contributed by atoms with Crippen molar-refractivity contribution in [3.05, 3.63) is 65.6 Å². The van der Waals surface area contributed by atoms with Crippen molar-refractivity contribution in [1.29, 1.82) is 0 Å². The molecule has 0 aliphatic rings. The number of carbonyl (C=O) groups is 2. The Hall–Kier alpha value is -3.04. The second-order valence-corrected chi connectivity index (χ2v) is 8.12. The molecular weight excluding hydrogens is 423 g/mol. The molecule has 0 aliphatic heterocycles. The molecule has 1 N–H and O–H groups in total. The summed E-state index contributed by atoms with van der Waals surface area (Å²) in [6.07, 6.45) is 4.47. The molecule has 0 aliphatic carbocycles. The second kappa shape index (κ2) is 10.1. The Morgan fingerprint density at radius 3 is 2.73 bits per heavy atom. The van der Waals surface area contributed by atoms with E-state index in [0.717, 1.165) is 10.8 Å². The van der Waals surface area contributed by atoms with E-state index < -0.39 is 5.82 Å². The van der Waals surface area contributed by atoms with Crippen LogP contribution in [0.15, 0.2) is 59.1 Å². The lowest BCUT2D eigenvalue weighted by Crippen LogP contribution is -2.23. The third-order valence-electron chi connectivity index (χ3n) is 3.81. The number of thioether (sulfide) groups is 1. The van der Waals surface area contributed by atoms with Gasteiger partial charge >= 0.3 is 0 Å². The second-order valence-electron chi connectivity index (χ2n) is 6.00. The van der Waals surface area contributed by atoms with Crippen LogP contribution in [0.5, 0.6) is 0 Å². The maximum atomic E-state index is 14.1. The van der Waals surface area contributed by atoms with Crippen molar-refractivity contribution in [2.75, 3.05) is 16.0 Å². The van der Waals surface area contributed by atoms with E-state index in [9.17, 15) is 14.0 Å². The average Bonchev–Trinajstić information content (AvgIpc) is 3.18. The van der Waals surface area contributed by atoms with Crippen LogP contribution in [0, 0.1) is 5.82 Å². The highest BCUT2D eigenvalue weighted by atomic mass is 32.2. The number of halogens is 1. The minimum atomic E-state index is -0.517. The third kappa shape index (κ3) is 5.52. The number of nitrogens with one attached hydrogen (secondary N) is 1. The number of rotatable bonds is 7. The SMILES string of the molecule is CCSc1ccc(NC(=O)/C=C/c2csc(N(C(C)=O)c3ccccc3F)n2)cn1. The van der Waals surface area contributed by atoms with Crippen molar-refractivity contribution in [2.45, 2.75) is 18.9 Å². The number of thiazole rings is 1. The van der Waals surface area contributed by atoms with Crippen LogP contribution in [0.2, 0.25) is 0 Å². The number of para-hydroxylation sites is 1. The highest BCUT2D eigenvalue weighted by molar-refractivity contribution is 7.99. The summed E-state index contributed by atoms with van der Waals surface area (Å²) in [6.45, 7) is 3.39. The number of carbonyl (C=O) groups excluding carboxylic acids is 2. The summed E-state index contributed by atoms with van der Waals surface area (Å²) in [6, 6.07) is 9.63. The molecule has 154 valence electrons. The van der Waals surface area contributed by atoms with Crippen LogP contribution in [-0.2, 0) is 9.59 Å². The number of amides is 2. The Balaban J connectivity index is 1.69. The van der Waals surface area contributed by atoms with Crippen molar-refractivity contribution < 1.29 is 14.0 Å². The quantitative estimate of drug-likeness (QED) is 0.406. The van der Waals surface area contributed by atoms with Gasteiger partial charge in [-0.1, -0.05) is 19.1 Å². The molecule has 1 aromatic carbocycles. The lowest BCUT2D eigenvalue weighted by atomic mass is 10.3. The Kier molecular flexibility index (Phi) is 7.31. The van der Waals surface area contributed by atoms with E-state index in [1.54, 1.807) is 41.5 Å². The molecule has 9 heteroatoms. The highest BCUT2D eigenvalue weighted by Crippen LogP contribution is 2.31. The van der Waals surface area contributed by atoms with Gasteiger partial charge in [-0.05, 0) is 36.1 Å². The summed E-state index contributed by atoms with van der Waals surface area (Å²) >= 11 is 2.80. The lowest BCUT2D eigenvalue weighted by molar-refractivity contribution is -0.116. The molecule has 0 fully saturated rings. The van der Waals surface area contributed by atoms with Crippen LogP contribution in [0.1, 0.15) is 19.5 Å². The molecule has 30 heavy (non-hydrogen) atoms. The lowest BCUT2D eigenvalue weighted by Gasteiger charge is -2.18. The number of pyridine rings is 1. The summed E-state index contributed by atoms with van der Waals surface area (Å²) in [5, 5.41) is 5.63. The van der Waals surface area contributed by atoms with Gasteiger partial charge in [0.15, 0.2) is 5.13 Å². The normalized spacial score (nSPS) is 10.9. The van der Waals surface area contributed by atoms with Crippen LogP contribution >= 0.6 is 23.1 Å². The van der Waals surface area contributed by atoms with Crippen LogP contribution in [-0.4, -0.2) is 27.5 Å². The predicted molar refractivity (Wildman–Crippen MR) is 120 cm³/mol. The summed E-state index contributed by atoms with van der Waals surface area (Å²) in [5.74, 6) is -0.286. The summed E-state index contributed by atoms with van der Waals surface area (Å²) in [5.41, 5.74) is 1.21. The van der Waals surface area contributed by atoms with Gasteiger partial charge in [0.1, 0.15) is 5.82 Å². The molecule has 6 nitrogen and oxygen atoms in total. The van der Waals surface area contributed by atoms with E-state index >= 15 is 0 Å². The minimum absolute atomic E-state index is 0.129. The van der Waals surface area contributed by atoms with Crippen molar-refractivity contribution in [2.24, 2.45) is 0 Å². The Bertz CT molecular complexity index is 1070. The van der Waals surface area contributed by atoms with E-state index in [-0.39, 0.29) is 17.5 Å². The first-order chi connectivity index (χ1) is 14.5. The summed E-state index contributed by atoms with van der Waals surface area (Å²) in [7, 11) is 0. The van der Waals surface area contributed by atoms with E-state index in [4.69, 9.17) is 0 Å². The summed E-state index contributed by atoms with van der Waals surface area (Å²) in [4.78, 5) is 34.0. The van der Waals surface area contributed by atoms with Gasteiger partial charge in [-0.15, -0.1) is 23.1 Å². The minimum Gasteiger partial charge on any atom is -0.321 e. The van der Waals surface area contributed by atoms with Crippen molar-refractivity contribution in [3.63, 3.8) is 0 Å². The standard InChI is InChI=1S/C21H19FN4O2S2/c1-3-29-20-11-9-15(12-23-20)24-19(28)10-8-16-13-30-21(25-16)26(14(2)27)18-7-5-4-6-17(18)22/h4-13H,3H2,1-2H3,(H,24,28)/b10-8+. The molecule has 0 bridgehead atoms. The van der Waals surface area contributed by atoms with Gasteiger partial charge in [0, 0.05) is 18.4 Å². The maximum Gasteiger partial charge on any atom is 0.248 e. The molecule has 0 radical (unpaired) electrons. The van der Waals surface area contributed by atoms with E-state index in [2.05, 4.69) is 15.3 Å². The molecule has 0 saturated carbocycles. The zero-order chi connectivity index (χ0) is 21.5. The molecule has 0 spiro atoms. The molecule has 2 aromatic heterocycles. The molecule has 2 amide bonds. The first kappa shape index (κ1) is 21.7. The molecule has 0 saturated heterocycles. The zero-order valence-electron chi connectivity index (χ0n) is 16.3. The van der Waals surface area contributed by atoms with Gasteiger partial charge in [-0.3, -0.25) is 14.5 Å².